The topological polar surface area (TPSA) is 101 Å². The van der Waals surface area contributed by atoms with Gasteiger partial charge in [-0.15, -0.1) is 0 Å². The Morgan fingerprint density at radius 3 is 2.00 bits per heavy atom. The minimum absolute atomic E-state index is 0.222. The van der Waals surface area contributed by atoms with Gasteiger partial charge in [0, 0.05) is 25.9 Å². The number of carbonyl (C=O) groups is 1. The van der Waals surface area contributed by atoms with Crippen LogP contribution in [0.15, 0.2) is 0 Å². The van der Waals surface area contributed by atoms with E-state index in [0.29, 0.717) is 13.1 Å². The number of amides is 1. The summed E-state index contributed by atoms with van der Waals surface area (Å²) in [5.74, 6) is -0.438. The van der Waals surface area contributed by atoms with Crippen LogP contribution in [0.1, 0.15) is 32.1 Å². The maximum atomic E-state index is 12.2. The van der Waals surface area contributed by atoms with Crippen molar-refractivity contribution in [1.29, 1.82) is 0 Å². The molecule has 1 saturated heterocycles. The van der Waals surface area contributed by atoms with Crippen LogP contribution in [0.2, 0.25) is 0 Å². The van der Waals surface area contributed by atoms with Crippen LogP contribution >= 0.6 is 0 Å². The van der Waals surface area contributed by atoms with Gasteiger partial charge in [0.25, 0.3) is 5.91 Å². The van der Waals surface area contributed by atoms with Crippen molar-refractivity contribution in [2.24, 2.45) is 0 Å². The molecule has 6 nitrogen and oxygen atoms in total. The maximum absolute atomic E-state index is 12.2. The number of likely N-dealkylation sites (tertiary alicyclic amines) is 1. The molecule has 0 bridgehead atoms. The van der Waals surface area contributed by atoms with Gasteiger partial charge in [0.1, 0.15) is 11.7 Å². The molecule has 0 aromatic carbocycles. The van der Waals surface area contributed by atoms with E-state index in [4.69, 9.17) is 0 Å². The van der Waals surface area contributed by atoms with E-state index in [2.05, 4.69) is 0 Å². The van der Waals surface area contributed by atoms with Crippen molar-refractivity contribution in [3.05, 3.63) is 0 Å². The first-order chi connectivity index (χ1) is 8.44. The summed E-state index contributed by atoms with van der Waals surface area (Å²) in [5.41, 5.74) is -1.75. The van der Waals surface area contributed by atoms with Gasteiger partial charge in [0.2, 0.25) is 0 Å². The molecule has 2 aliphatic rings. The Bertz CT molecular complexity index is 304. The van der Waals surface area contributed by atoms with E-state index in [-0.39, 0.29) is 12.8 Å². The van der Waals surface area contributed by atoms with Crippen molar-refractivity contribution < 1.29 is 25.2 Å². The predicted octanol–water partition coefficient (Wildman–Crippen LogP) is -1.39. The highest BCUT2D eigenvalue weighted by molar-refractivity contribution is 5.85. The molecule has 2 atom stereocenters. The number of aliphatic hydroxyl groups is 4. The van der Waals surface area contributed by atoms with Gasteiger partial charge in [-0.25, -0.2) is 0 Å². The second-order valence-corrected chi connectivity index (χ2v) is 5.42. The molecule has 1 aliphatic carbocycles. The zero-order chi connectivity index (χ0) is 13.3. The largest absolute Gasteiger partial charge is 0.390 e. The van der Waals surface area contributed by atoms with Gasteiger partial charge in [-0.1, -0.05) is 0 Å². The first-order valence-electron chi connectivity index (χ1n) is 6.50. The third-order valence-corrected chi connectivity index (χ3v) is 3.92. The van der Waals surface area contributed by atoms with Crippen LogP contribution in [0.5, 0.6) is 0 Å². The fraction of sp³-hybridized carbons (Fsp3) is 0.917. The van der Waals surface area contributed by atoms with E-state index in [1.807, 2.05) is 0 Å². The minimum Gasteiger partial charge on any atom is -0.390 e. The summed E-state index contributed by atoms with van der Waals surface area (Å²) in [7, 11) is 0. The first-order valence-corrected chi connectivity index (χ1v) is 6.50. The summed E-state index contributed by atoms with van der Waals surface area (Å²) in [4.78, 5) is 13.8. The Labute approximate surface area is 106 Å². The molecule has 18 heavy (non-hydrogen) atoms. The number of piperidine rings is 1. The molecule has 1 amide bonds. The zero-order valence-corrected chi connectivity index (χ0v) is 10.3. The molecule has 4 N–H and O–H groups in total. The Balaban J connectivity index is 2.07. The molecule has 6 heteroatoms. The fourth-order valence-electron chi connectivity index (χ4n) is 2.84. The van der Waals surface area contributed by atoms with E-state index in [1.165, 1.54) is 0 Å². The van der Waals surface area contributed by atoms with Crippen LogP contribution in [0.4, 0.5) is 0 Å². The second kappa shape index (κ2) is 5.13. The van der Waals surface area contributed by atoms with Gasteiger partial charge in [0.15, 0.2) is 0 Å². The van der Waals surface area contributed by atoms with Gasteiger partial charge in [-0.3, -0.25) is 4.79 Å². The summed E-state index contributed by atoms with van der Waals surface area (Å²) < 4.78 is 0. The Morgan fingerprint density at radius 1 is 1.00 bits per heavy atom. The number of hydrogen-bond donors (Lipinski definition) is 4. The highest BCUT2D eigenvalue weighted by Gasteiger charge is 2.49. The lowest BCUT2D eigenvalue weighted by Crippen LogP contribution is -2.60. The van der Waals surface area contributed by atoms with E-state index in [1.54, 1.807) is 4.90 Å². The van der Waals surface area contributed by atoms with E-state index >= 15 is 0 Å². The third-order valence-electron chi connectivity index (χ3n) is 3.92. The van der Waals surface area contributed by atoms with Crippen molar-refractivity contribution in [2.45, 2.75) is 56.0 Å². The minimum atomic E-state index is -1.75. The molecule has 0 aromatic heterocycles. The van der Waals surface area contributed by atoms with Crippen LogP contribution in [0.25, 0.3) is 0 Å². The van der Waals surface area contributed by atoms with Crippen LogP contribution in [0, 0.1) is 0 Å². The summed E-state index contributed by atoms with van der Waals surface area (Å²) in [6.07, 6.45) is -1.38. The first kappa shape index (κ1) is 13.7. The monoisotopic (exact) mass is 259 g/mol. The maximum Gasteiger partial charge on any atom is 0.254 e. The quantitative estimate of drug-likeness (QED) is 0.464. The summed E-state index contributed by atoms with van der Waals surface area (Å²) >= 11 is 0. The summed E-state index contributed by atoms with van der Waals surface area (Å²) in [6.45, 7) is 1.21. The second-order valence-electron chi connectivity index (χ2n) is 5.42. The molecule has 0 unspecified atom stereocenters. The number of hydrogen-bond acceptors (Lipinski definition) is 5. The molecule has 2 fully saturated rings. The van der Waals surface area contributed by atoms with Crippen molar-refractivity contribution in [3.8, 4) is 0 Å². The average molecular weight is 259 g/mol. The smallest absolute Gasteiger partial charge is 0.254 e. The molecular formula is C12H21NO5. The molecule has 1 heterocycles. The van der Waals surface area contributed by atoms with E-state index in [0.717, 1.165) is 19.3 Å². The SMILES string of the molecule is O=C(N1CCCCC1)C1(O)C[C@@H](O)C(O)[C@H](O)C1. The molecule has 0 radical (unpaired) electrons. The highest BCUT2D eigenvalue weighted by atomic mass is 16.4. The van der Waals surface area contributed by atoms with Crippen LogP contribution in [-0.2, 0) is 4.79 Å². The number of rotatable bonds is 1. The van der Waals surface area contributed by atoms with Gasteiger partial charge in [-0.05, 0) is 19.3 Å². The van der Waals surface area contributed by atoms with Crippen molar-refractivity contribution >= 4 is 5.91 Å². The average Bonchev–Trinajstić information content (AvgIpc) is 2.36. The lowest BCUT2D eigenvalue weighted by atomic mass is 9.78. The predicted molar refractivity (Wildman–Crippen MR) is 62.6 cm³/mol. The molecule has 1 saturated carbocycles. The van der Waals surface area contributed by atoms with Gasteiger partial charge < -0.3 is 25.3 Å². The third kappa shape index (κ3) is 2.51. The van der Waals surface area contributed by atoms with Crippen LogP contribution in [-0.4, -0.2) is 68.2 Å². The fourth-order valence-corrected chi connectivity index (χ4v) is 2.84. The number of carbonyl (C=O) groups excluding carboxylic acids is 1. The molecule has 1 aliphatic heterocycles. The lowest BCUT2D eigenvalue weighted by molar-refractivity contribution is -0.182. The van der Waals surface area contributed by atoms with Gasteiger partial charge in [0.05, 0.1) is 12.2 Å². The summed E-state index contributed by atoms with van der Waals surface area (Å²) in [6, 6.07) is 0. The number of nitrogens with zero attached hydrogens (tertiary/aromatic N) is 1. The van der Waals surface area contributed by atoms with Gasteiger partial charge >= 0.3 is 0 Å². The molecule has 0 aromatic rings. The number of aliphatic hydroxyl groups excluding tert-OH is 3. The zero-order valence-electron chi connectivity index (χ0n) is 10.3. The Kier molecular flexibility index (Phi) is 3.91. The molecule has 0 spiro atoms. The van der Waals surface area contributed by atoms with Crippen molar-refractivity contribution in [2.75, 3.05) is 13.1 Å². The summed E-state index contributed by atoms with van der Waals surface area (Å²) in [5, 5.41) is 38.9. The van der Waals surface area contributed by atoms with Crippen molar-refractivity contribution in [3.63, 3.8) is 0 Å². The van der Waals surface area contributed by atoms with E-state index < -0.39 is 29.8 Å². The Morgan fingerprint density at radius 2 is 1.50 bits per heavy atom. The van der Waals surface area contributed by atoms with E-state index in [9.17, 15) is 25.2 Å². The standard InChI is InChI=1S/C12H21NO5/c14-8-6-12(18,7-9(15)10(8)16)11(17)13-4-2-1-3-5-13/h8-10,14-16,18H,1-7H2/t8-,9-,10?,12?/m1/s1. The van der Waals surface area contributed by atoms with Crippen molar-refractivity contribution in [1.82, 2.24) is 4.90 Å². The van der Waals surface area contributed by atoms with Crippen LogP contribution < -0.4 is 0 Å². The highest BCUT2D eigenvalue weighted by Crippen LogP contribution is 2.31. The Hall–Kier alpha value is -0.690. The molecular weight excluding hydrogens is 238 g/mol. The van der Waals surface area contributed by atoms with Gasteiger partial charge in [-0.2, -0.15) is 0 Å². The molecule has 104 valence electrons. The molecule has 2 rings (SSSR count). The van der Waals surface area contributed by atoms with Crippen LogP contribution in [0.3, 0.4) is 0 Å². The normalized spacial score (nSPS) is 41.8. The lowest BCUT2D eigenvalue weighted by Gasteiger charge is -2.42.